The first-order valence-corrected chi connectivity index (χ1v) is 10.4. The third-order valence-corrected chi connectivity index (χ3v) is 5.77. The molecule has 0 spiro atoms. The summed E-state index contributed by atoms with van der Waals surface area (Å²) in [5.41, 5.74) is 1.59. The van der Waals surface area contributed by atoms with E-state index in [0.717, 1.165) is 21.5 Å². The second-order valence-corrected chi connectivity index (χ2v) is 7.89. The number of ether oxygens (including phenoxy) is 1. The van der Waals surface area contributed by atoms with Crippen LogP contribution in [0.4, 0.5) is 0 Å². The van der Waals surface area contributed by atoms with Gasteiger partial charge in [0.25, 0.3) is 5.56 Å². The summed E-state index contributed by atoms with van der Waals surface area (Å²) >= 11 is 6.09. The summed E-state index contributed by atoms with van der Waals surface area (Å²) < 4.78 is 10.3. The standard InChI is InChI=1S/C23H18ClN5O4/c1-26-20-19(21(31)28(23(26)32)13-18(30)33-2)27-12-17(14-6-4-3-5-7-14)29(22(27)25-20)16-10-8-15(24)9-11-16/h3-12H,13H2,1-2H3. The first-order valence-electron chi connectivity index (χ1n) is 10.0. The van der Waals surface area contributed by atoms with Crippen molar-refractivity contribution in [2.45, 2.75) is 6.54 Å². The van der Waals surface area contributed by atoms with E-state index in [-0.39, 0.29) is 11.2 Å². The van der Waals surface area contributed by atoms with Crippen molar-refractivity contribution in [3.8, 4) is 16.9 Å². The lowest BCUT2D eigenvalue weighted by atomic mass is 10.1. The third-order valence-electron chi connectivity index (χ3n) is 5.52. The molecule has 33 heavy (non-hydrogen) atoms. The molecule has 5 aromatic rings. The van der Waals surface area contributed by atoms with Crippen molar-refractivity contribution >= 4 is 34.5 Å². The molecule has 5 rings (SSSR count). The van der Waals surface area contributed by atoms with Gasteiger partial charge in [0.2, 0.25) is 5.78 Å². The fraction of sp³-hybridized carbons (Fsp3) is 0.130. The summed E-state index contributed by atoms with van der Waals surface area (Å²) in [6, 6.07) is 16.9. The third kappa shape index (κ3) is 3.25. The van der Waals surface area contributed by atoms with Crippen LogP contribution in [-0.4, -0.2) is 36.2 Å². The molecule has 10 heteroatoms. The van der Waals surface area contributed by atoms with Gasteiger partial charge in [-0.05, 0) is 24.3 Å². The van der Waals surface area contributed by atoms with Crippen LogP contribution in [0.1, 0.15) is 0 Å². The van der Waals surface area contributed by atoms with E-state index < -0.39 is 23.8 Å². The number of carbonyl (C=O) groups is 1. The van der Waals surface area contributed by atoms with Crippen molar-refractivity contribution < 1.29 is 9.53 Å². The highest BCUT2D eigenvalue weighted by molar-refractivity contribution is 6.30. The molecular weight excluding hydrogens is 446 g/mol. The van der Waals surface area contributed by atoms with Gasteiger partial charge in [0.05, 0.1) is 12.8 Å². The van der Waals surface area contributed by atoms with E-state index in [4.69, 9.17) is 11.6 Å². The second-order valence-electron chi connectivity index (χ2n) is 7.46. The fourth-order valence-electron chi connectivity index (χ4n) is 3.89. The Hall–Kier alpha value is -4.11. The number of aromatic nitrogens is 5. The van der Waals surface area contributed by atoms with Crippen molar-refractivity contribution in [3.63, 3.8) is 0 Å². The Balaban J connectivity index is 1.90. The molecule has 0 aliphatic carbocycles. The molecule has 0 unspecified atom stereocenters. The zero-order chi connectivity index (χ0) is 23.3. The van der Waals surface area contributed by atoms with Gasteiger partial charge < -0.3 is 4.74 Å². The van der Waals surface area contributed by atoms with Crippen molar-refractivity contribution in [3.05, 3.63) is 86.7 Å². The maximum atomic E-state index is 13.3. The van der Waals surface area contributed by atoms with Gasteiger partial charge >= 0.3 is 11.7 Å². The highest BCUT2D eigenvalue weighted by Gasteiger charge is 2.23. The highest BCUT2D eigenvalue weighted by Crippen LogP contribution is 2.29. The van der Waals surface area contributed by atoms with Crippen LogP contribution in [-0.2, 0) is 23.1 Å². The molecule has 0 fully saturated rings. The summed E-state index contributed by atoms with van der Waals surface area (Å²) in [6.45, 7) is -0.491. The van der Waals surface area contributed by atoms with Crippen LogP contribution in [0.25, 0.3) is 33.9 Å². The van der Waals surface area contributed by atoms with E-state index in [0.29, 0.717) is 10.8 Å². The van der Waals surface area contributed by atoms with Crippen molar-refractivity contribution in [2.75, 3.05) is 7.11 Å². The van der Waals surface area contributed by atoms with Crippen LogP contribution in [0.3, 0.4) is 0 Å². The lowest BCUT2D eigenvalue weighted by Gasteiger charge is -2.09. The summed E-state index contributed by atoms with van der Waals surface area (Å²) in [4.78, 5) is 42.6. The van der Waals surface area contributed by atoms with Gasteiger partial charge in [-0.3, -0.25) is 23.1 Å². The van der Waals surface area contributed by atoms with E-state index >= 15 is 0 Å². The molecule has 0 saturated heterocycles. The van der Waals surface area contributed by atoms with Gasteiger partial charge in [-0.25, -0.2) is 9.36 Å². The molecule has 3 aromatic heterocycles. The number of carbonyl (C=O) groups excluding carboxylic acids is 1. The normalized spacial score (nSPS) is 11.4. The maximum absolute atomic E-state index is 13.3. The van der Waals surface area contributed by atoms with Gasteiger partial charge in [0, 0.05) is 29.5 Å². The molecule has 3 heterocycles. The Labute approximate surface area is 191 Å². The average Bonchev–Trinajstić information content (AvgIpc) is 3.38. The Bertz CT molecular complexity index is 1640. The largest absolute Gasteiger partial charge is 0.468 e. The first-order chi connectivity index (χ1) is 15.9. The number of esters is 1. The van der Waals surface area contributed by atoms with Gasteiger partial charge in [-0.2, -0.15) is 4.98 Å². The molecule has 0 N–H and O–H groups in total. The maximum Gasteiger partial charge on any atom is 0.333 e. The Morgan fingerprint density at radius 1 is 1.06 bits per heavy atom. The Morgan fingerprint density at radius 2 is 1.76 bits per heavy atom. The molecule has 0 aliphatic heterocycles. The van der Waals surface area contributed by atoms with E-state index in [1.165, 1.54) is 18.7 Å². The molecular formula is C23H18ClN5O4. The zero-order valence-electron chi connectivity index (χ0n) is 17.7. The number of hydrogen-bond acceptors (Lipinski definition) is 5. The molecule has 9 nitrogen and oxygen atoms in total. The second kappa shape index (κ2) is 7.79. The predicted octanol–water partition coefficient (Wildman–Crippen LogP) is 2.63. The van der Waals surface area contributed by atoms with Gasteiger partial charge in [0.15, 0.2) is 11.2 Å². The zero-order valence-corrected chi connectivity index (χ0v) is 18.5. The molecule has 0 atom stereocenters. The summed E-state index contributed by atoms with van der Waals surface area (Å²) in [6.07, 6.45) is 1.79. The monoisotopic (exact) mass is 463 g/mol. The van der Waals surface area contributed by atoms with Crippen LogP contribution in [0, 0.1) is 0 Å². The van der Waals surface area contributed by atoms with Gasteiger partial charge in [0.1, 0.15) is 6.54 Å². The average molecular weight is 464 g/mol. The number of nitrogens with zero attached hydrogens (tertiary/aromatic N) is 5. The lowest BCUT2D eigenvalue weighted by molar-refractivity contribution is -0.141. The van der Waals surface area contributed by atoms with E-state index in [1.807, 2.05) is 47.0 Å². The van der Waals surface area contributed by atoms with E-state index in [2.05, 4.69) is 9.72 Å². The first kappa shape index (κ1) is 20.8. The number of methoxy groups -OCH3 is 1. The molecule has 0 aliphatic rings. The van der Waals surface area contributed by atoms with Gasteiger partial charge in [-0.1, -0.05) is 41.9 Å². The summed E-state index contributed by atoms with van der Waals surface area (Å²) in [5, 5.41) is 0.588. The van der Waals surface area contributed by atoms with Crippen LogP contribution >= 0.6 is 11.6 Å². The quantitative estimate of drug-likeness (QED) is 0.382. The molecule has 0 saturated carbocycles. The Kier molecular flexibility index (Phi) is 4.90. The van der Waals surface area contributed by atoms with Crippen LogP contribution in [0.2, 0.25) is 5.02 Å². The van der Waals surface area contributed by atoms with Crippen LogP contribution < -0.4 is 11.2 Å². The van der Waals surface area contributed by atoms with Crippen molar-refractivity contribution in [2.24, 2.45) is 7.05 Å². The molecule has 0 radical (unpaired) electrons. The number of halogens is 1. The number of rotatable bonds is 4. The van der Waals surface area contributed by atoms with E-state index in [1.54, 1.807) is 22.7 Å². The van der Waals surface area contributed by atoms with Crippen molar-refractivity contribution in [1.29, 1.82) is 0 Å². The van der Waals surface area contributed by atoms with Crippen molar-refractivity contribution in [1.82, 2.24) is 23.1 Å². The number of benzene rings is 2. The smallest absolute Gasteiger partial charge is 0.333 e. The summed E-state index contributed by atoms with van der Waals surface area (Å²) in [5.74, 6) is -0.257. The minimum absolute atomic E-state index is 0.181. The Morgan fingerprint density at radius 3 is 2.42 bits per heavy atom. The van der Waals surface area contributed by atoms with Gasteiger partial charge in [-0.15, -0.1) is 0 Å². The topological polar surface area (TPSA) is 92.5 Å². The summed E-state index contributed by atoms with van der Waals surface area (Å²) in [7, 11) is 2.71. The molecule has 0 bridgehead atoms. The molecule has 2 aromatic carbocycles. The van der Waals surface area contributed by atoms with E-state index in [9.17, 15) is 14.4 Å². The number of fused-ring (bicyclic) bond motifs is 3. The van der Waals surface area contributed by atoms with Crippen LogP contribution in [0.15, 0.2) is 70.4 Å². The minimum Gasteiger partial charge on any atom is -0.468 e. The minimum atomic E-state index is -0.696. The number of aryl methyl sites for hydroxylation is 1. The fourth-order valence-corrected chi connectivity index (χ4v) is 4.01. The highest BCUT2D eigenvalue weighted by atomic mass is 35.5. The predicted molar refractivity (Wildman–Crippen MR) is 124 cm³/mol. The lowest BCUT2D eigenvalue weighted by Crippen LogP contribution is -2.41. The molecule has 166 valence electrons. The SMILES string of the molecule is COC(=O)Cn1c(=O)c2c(nc3n(-c4ccc(Cl)cc4)c(-c4ccccc4)cn23)n(C)c1=O. The number of hydrogen-bond donors (Lipinski definition) is 0. The number of imidazole rings is 2. The molecule has 0 amide bonds. The van der Waals surface area contributed by atoms with Crippen LogP contribution in [0.5, 0.6) is 0 Å².